The summed E-state index contributed by atoms with van der Waals surface area (Å²) >= 11 is 0. The highest BCUT2D eigenvalue weighted by molar-refractivity contribution is 5.99. The van der Waals surface area contributed by atoms with E-state index in [1.54, 1.807) is 0 Å². The predicted molar refractivity (Wildman–Crippen MR) is 87.3 cm³/mol. The van der Waals surface area contributed by atoms with Gasteiger partial charge in [-0.3, -0.25) is 9.59 Å². The Kier molecular flexibility index (Phi) is 5.60. The first-order valence-corrected chi connectivity index (χ1v) is 8.45. The number of rotatable bonds is 8. The molecular formula is C19H28O3. The molecule has 0 spiro atoms. The molecule has 0 aromatic rings. The number of allylic oxidation sites excluding steroid dienone is 2. The topological polar surface area (TPSA) is 43.4 Å². The molecule has 1 aliphatic heterocycles. The van der Waals surface area contributed by atoms with E-state index >= 15 is 0 Å². The van der Waals surface area contributed by atoms with Crippen LogP contribution < -0.4 is 0 Å². The van der Waals surface area contributed by atoms with Crippen molar-refractivity contribution in [2.24, 2.45) is 17.3 Å². The molecule has 2 aliphatic rings. The Morgan fingerprint density at radius 2 is 2.23 bits per heavy atom. The van der Waals surface area contributed by atoms with Crippen molar-refractivity contribution in [2.45, 2.75) is 58.3 Å². The molecule has 3 heteroatoms. The summed E-state index contributed by atoms with van der Waals surface area (Å²) in [5.74, 6) is -0.584. The Morgan fingerprint density at radius 3 is 2.91 bits per heavy atom. The highest BCUT2D eigenvalue weighted by Crippen LogP contribution is 2.53. The van der Waals surface area contributed by atoms with Gasteiger partial charge in [0.2, 0.25) is 0 Å². The minimum atomic E-state index is -0.536. The van der Waals surface area contributed by atoms with E-state index in [-0.39, 0.29) is 23.1 Å². The molecule has 2 rings (SSSR count). The summed E-state index contributed by atoms with van der Waals surface area (Å²) in [6.07, 6.45) is 9.04. The average Bonchev–Trinajstić information content (AvgIpc) is 2.88. The highest BCUT2D eigenvalue weighted by atomic mass is 16.5. The number of fused-ring (bicyclic) bond motifs is 1. The van der Waals surface area contributed by atoms with Crippen LogP contribution in [0.1, 0.15) is 58.3 Å². The molecule has 2 fully saturated rings. The van der Waals surface area contributed by atoms with Gasteiger partial charge < -0.3 is 4.74 Å². The van der Waals surface area contributed by atoms with Gasteiger partial charge in [-0.1, -0.05) is 18.1 Å². The third kappa shape index (κ3) is 3.50. The molecule has 0 radical (unpaired) electrons. The van der Waals surface area contributed by atoms with Gasteiger partial charge in [0.15, 0.2) is 0 Å². The van der Waals surface area contributed by atoms with Crippen LogP contribution in [0, 0.1) is 17.3 Å². The van der Waals surface area contributed by atoms with Crippen LogP contribution in [0.3, 0.4) is 0 Å². The molecule has 0 N–H and O–H groups in total. The fourth-order valence-corrected chi connectivity index (χ4v) is 4.18. The zero-order valence-electron chi connectivity index (χ0n) is 13.7. The Bertz CT molecular complexity index is 461. The van der Waals surface area contributed by atoms with Crippen LogP contribution in [0.4, 0.5) is 0 Å². The standard InChI is InChI=1S/C19H28O3/c1-4-5-11-19-12-7-9-15(19)17(18(21)22-13-19)16(20)10-6-8-14(2)3/h4,15,17H,1-2,5-13H2,3H3. The van der Waals surface area contributed by atoms with Crippen molar-refractivity contribution in [3.8, 4) is 0 Å². The molecular weight excluding hydrogens is 276 g/mol. The summed E-state index contributed by atoms with van der Waals surface area (Å²) < 4.78 is 5.44. The quantitative estimate of drug-likeness (QED) is 0.383. The number of hydrogen-bond donors (Lipinski definition) is 0. The van der Waals surface area contributed by atoms with Crippen molar-refractivity contribution < 1.29 is 14.3 Å². The van der Waals surface area contributed by atoms with Crippen molar-refractivity contribution in [2.75, 3.05) is 6.61 Å². The molecule has 3 nitrogen and oxygen atoms in total. The zero-order valence-corrected chi connectivity index (χ0v) is 13.7. The monoisotopic (exact) mass is 304 g/mol. The maximum Gasteiger partial charge on any atom is 0.316 e. The largest absolute Gasteiger partial charge is 0.465 e. The summed E-state index contributed by atoms with van der Waals surface area (Å²) in [6.45, 7) is 10.1. The van der Waals surface area contributed by atoms with Gasteiger partial charge >= 0.3 is 5.97 Å². The first-order chi connectivity index (χ1) is 10.5. The first-order valence-electron chi connectivity index (χ1n) is 8.45. The third-order valence-electron chi connectivity index (χ3n) is 5.35. The van der Waals surface area contributed by atoms with Crippen LogP contribution in [0.5, 0.6) is 0 Å². The smallest absolute Gasteiger partial charge is 0.316 e. The van der Waals surface area contributed by atoms with E-state index < -0.39 is 5.92 Å². The zero-order chi connectivity index (χ0) is 16.2. The molecule has 3 unspecified atom stereocenters. The van der Waals surface area contributed by atoms with Gasteiger partial charge in [-0.05, 0) is 51.4 Å². The molecule has 0 aromatic carbocycles. The van der Waals surface area contributed by atoms with Gasteiger partial charge in [-0.25, -0.2) is 0 Å². The van der Waals surface area contributed by atoms with Crippen LogP contribution in [0.15, 0.2) is 24.8 Å². The van der Waals surface area contributed by atoms with Crippen LogP contribution in [-0.2, 0) is 14.3 Å². The average molecular weight is 304 g/mol. The molecule has 22 heavy (non-hydrogen) atoms. The molecule has 1 heterocycles. The summed E-state index contributed by atoms with van der Waals surface area (Å²) in [5.41, 5.74) is 1.09. The maximum atomic E-state index is 12.6. The van der Waals surface area contributed by atoms with Gasteiger partial charge in [0.25, 0.3) is 0 Å². The normalized spacial score (nSPS) is 30.5. The second-order valence-electron chi connectivity index (χ2n) is 7.05. The highest BCUT2D eigenvalue weighted by Gasteiger charge is 2.54. The van der Waals surface area contributed by atoms with Crippen molar-refractivity contribution >= 4 is 11.8 Å². The molecule has 122 valence electrons. The van der Waals surface area contributed by atoms with E-state index in [9.17, 15) is 9.59 Å². The Labute approximate surface area is 133 Å². The number of hydrogen-bond acceptors (Lipinski definition) is 3. The minimum Gasteiger partial charge on any atom is -0.465 e. The van der Waals surface area contributed by atoms with Crippen molar-refractivity contribution in [3.05, 3.63) is 24.8 Å². The molecule has 1 saturated heterocycles. The Hall–Kier alpha value is -1.38. The Morgan fingerprint density at radius 1 is 1.45 bits per heavy atom. The minimum absolute atomic E-state index is 0.0107. The van der Waals surface area contributed by atoms with E-state index in [0.29, 0.717) is 13.0 Å². The first kappa shape index (κ1) is 17.0. The summed E-state index contributed by atoms with van der Waals surface area (Å²) in [5, 5.41) is 0. The van der Waals surface area contributed by atoms with Gasteiger partial charge in [0, 0.05) is 11.8 Å². The van der Waals surface area contributed by atoms with Crippen molar-refractivity contribution in [3.63, 3.8) is 0 Å². The van der Waals surface area contributed by atoms with E-state index in [4.69, 9.17) is 4.74 Å². The fourth-order valence-electron chi connectivity index (χ4n) is 4.18. The lowest BCUT2D eigenvalue weighted by Crippen LogP contribution is -2.48. The van der Waals surface area contributed by atoms with Crippen LogP contribution >= 0.6 is 0 Å². The second-order valence-corrected chi connectivity index (χ2v) is 7.05. The fraction of sp³-hybridized carbons (Fsp3) is 0.684. The number of esters is 1. The molecule has 0 amide bonds. The number of Topliss-reactive ketones (excluding diaryl/α,β-unsaturated/α-hetero) is 1. The lowest BCUT2D eigenvalue weighted by Gasteiger charge is -2.42. The molecule has 1 saturated carbocycles. The number of ether oxygens (including phenoxy) is 1. The molecule has 0 bridgehead atoms. The number of cyclic esters (lactones) is 1. The van der Waals surface area contributed by atoms with E-state index in [2.05, 4.69) is 13.2 Å². The Balaban J connectivity index is 2.07. The van der Waals surface area contributed by atoms with E-state index in [1.807, 2.05) is 13.0 Å². The van der Waals surface area contributed by atoms with E-state index in [0.717, 1.165) is 50.5 Å². The lowest BCUT2D eigenvalue weighted by atomic mass is 9.66. The third-order valence-corrected chi connectivity index (χ3v) is 5.35. The molecule has 3 atom stereocenters. The number of carbonyl (C=O) groups is 2. The lowest BCUT2D eigenvalue weighted by molar-refractivity contribution is -0.171. The van der Waals surface area contributed by atoms with E-state index in [1.165, 1.54) is 0 Å². The summed E-state index contributed by atoms with van der Waals surface area (Å²) in [7, 11) is 0. The van der Waals surface area contributed by atoms with Crippen LogP contribution in [-0.4, -0.2) is 18.4 Å². The maximum absolute atomic E-state index is 12.6. The molecule has 1 aliphatic carbocycles. The summed E-state index contributed by atoms with van der Waals surface area (Å²) in [6, 6.07) is 0. The van der Waals surface area contributed by atoms with Crippen molar-refractivity contribution in [1.29, 1.82) is 0 Å². The van der Waals surface area contributed by atoms with Gasteiger partial charge in [-0.2, -0.15) is 0 Å². The van der Waals surface area contributed by atoms with Crippen LogP contribution in [0.25, 0.3) is 0 Å². The van der Waals surface area contributed by atoms with Gasteiger partial charge in [0.1, 0.15) is 11.7 Å². The van der Waals surface area contributed by atoms with Gasteiger partial charge in [0.05, 0.1) is 6.61 Å². The number of carbonyl (C=O) groups excluding carboxylic acids is 2. The second kappa shape index (κ2) is 7.26. The van der Waals surface area contributed by atoms with Crippen LogP contribution in [0.2, 0.25) is 0 Å². The molecule has 0 aromatic heterocycles. The summed E-state index contributed by atoms with van der Waals surface area (Å²) in [4.78, 5) is 24.8. The van der Waals surface area contributed by atoms with Crippen molar-refractivity contribution in [1.82, 2.24) is 0 Å². The number of ketones is 1. The SMILES string of the molecule is C=CCCC12CCCC1C(C(=O)CCCC(=C)C)C(=O)OC2. The van der Waals surface area contributed by atoms with Gasteiger partial charge in [-0.15, -0.1) is 13.2 Å². The predicted octanol–water partition coefficient (Wildman–Crippen LogP) is 4.23.